The van der Waals surface area contributed by atoms with Crippen molar-refractivity contribution in [3.8, 4) is 0 Å². The highest BCUT2D eigenvalue weighted by Crippen LogP contribution is 2.03. The third-order valence-electron chi connectivity index (χ3n) is 1.30. The summed E-state index contributed by atoms with van der Waals surface area (Å²) in [6.45, 7) is 0.446. The summed E-state index contributed by atoms with van der Waals surface area (Å²) in [4.78, 5) is 14.7. The van der Waals surface area contributed by atoms with E-state index in [1.54, 1.807) is 0 Å². The normalized spacial score (nSPS) is 9.83. The zero-order chi connectivity index (χ0) is 8.97. The van der Waals surface area contributed by atoms with Gasteiger partial charge in [0.25, 0.3) is 0 Å². The third-order valence-corrected chi connectivity index (χ3v) is 1.30. The minimum absolute atomic E-state index is 0.181. The standard InChI is InChI=1S/C7H10N2O3/c1-11-7(10)5-4-12-6(9-5)2-3-8/h4H,2-3,8H2,1H3. The van der Waals surface area contributed by atoms with Crippen LogP contribution in [0.5, 0.6) is 0 Å². The van der Waals surface area contributed by atoms with Crippen molar-refractivity contribution in [2.75, 3.05) is 13.7 Å². The van der Waals surface area contributed by atoms with Crippen molar-refractivity contribution in [2.24, 2.45) is 5.73 Å². The molecule has 0 unspecified atom stereocenters. The number of ether oxygens (including phenoxy) is 1. The molecular formula is C7H10N2O3. The number of nitrogens with zero attached hydrogens (tertiary/aromatic N) is 1. The van der Waals surface area contributed by atoms with E-state index in [2.05, 4.69) is 9.72 Å². The molecule has 0 bridgehead atoms. The first kappa shape index (κ1) is 8.73. The van der Waals surface area contributed by atoms with Crippen LogP contribution in [-0.2, 0) is 11.2 Å². The monoisotopic (exact) mass is 170 g/mol. The number of methoxy groups -OCH3 is 1. The molecule has 0 aliphatic heterocycles. The molecular weight excluding hydrogens is 160 g/mol. The Kier molecular flexibility index (Phi) is 2.82. The van der Waals surface area contributed by atoms with Crippen LogP contribution in [0.4, 0.5) is 0 Å². The highest BCUT2D eigenvalue weighted by molar-refractivity contribution is 5.86. The van der Waals surface area contributed by atoms with Crippen LogP contribution in [0, 0.1) is 0 Å². The van der Waals surface area contributed by atoms with Crippen LogP contribution < -0.4 is 5.73 Å². The molecule has 0 aromatic carbocycles. The molecule has 12 heavy (non-hydrogen) atoms. The van der Waals surface area contributed by atoms with Crippen molar-refractivity contribution in [1.29, 1.82) is 0 Å². The lowest BCUT2D eigenvalue weighted by molar-refractivity contribution is 0.0594. The van der Waals surface area contributed by atoms with Gasteiger partial charge in [0, 0.05) is 13.0 Å². The van der Waals surface area contributed by atoms with Crippen LogP contribution in [0.15, 0.2) is 10.7 Å². The van der Waals surface area contributed by atoms with Crippen LogP contribution >= 0.6 is 0 Å². The molecule has 66 valence electrons. The number of esters is 1. The van der Waals surface area contributed by atoms with Gasteiger partial charge in [-0.1, -0.05) is 0 Å². The summed E-state index contributed by atoms with van der Waals surface area (Å²) >= 11 is 0. The van der Waals surface area contributed by atoms with Gasteiger partial charge in [0.05, 0.1) is 7.11 Å². The van der Waals surface area contributed by atoms with Crippen LogP contribution in [0.25, 0.3) is 0 Å². The quantitative estimate of drug-likeness (QED) is 0.644. The predicted octanol–water partition coefficient (Wildman–Crippen LogP) is -0.0376. The predicted molar refractivity (Wildman–Crippen MR) is 40.6 cm³/mol. The molecule has 0 saturated carbocycles. The minimum Gasteiger partial charge on any atom is -0.464 e. The van der Waals surface area contributed by atoms with Gasteiger partial charge in [0.2, 0.25) is 0 Å². The van der Waals surface area contributed by atoms with Crippen molar-refractivity contribution in [1.82, 2.24) is 4.98 Å². The van der Waals surface area contributed by atoms with Gasteiger partial charge in [0.1, 0.15) is 6.26 Å². The minimum atomic E-state index is -0.498. The van der Waals surface area contributed by atoms with Gasteiger partial charge in [0.15, 0.2) is 11.6 Å². The highest BCUT2D eigenvalue weighted by atomic mass is 16.5. The first-order valence-electron chi connectivity index (χ1n) is 3.50. The lowest BCUT2D eigenvalue weighted by atomic mass is 10.4. The SMILES string of the molecule is COC(=O)c1coc(CCN)n1. The van der Waals surface area contributed by atoms with E-state index >= 15 is 0 Å². The molecule has 0 fully saturated rings. The lowest BCUT2D eigenvalue weighted by Crippen LogP contribution is -2.05. The van der Waals surface area contributed by atoms with Gasteiger partial charge in [-0.2, -0.15) is 0 Å². The molecule has 2 N–H and O–H groups in total. The Bertz CT molecular complexity index is 269. The van der Waals surface area contributed by atoms with Gasteiger partial charge >= 0.3 is 5.97 Å². The average molecular weight is 170 g/mol. The average Bonchev–Trinajstić information content (AvgIpc) is 2.52. The number of hydrogen-bond acceptors (Lipinski definition) is 5. The van der Waals surface area contributed by atoms with E-state index < -0.39 is 5.97 Å². The van der Waals surface area contributed by atoms with Gasteiger partial charge in [-0.05, 0) is 0 Å². The fourth-order valence-electron chi connectivity index (χ4n) is 0.748. The summed E-state index contributed by atoms with van der Waals surface area (Å²) in [7, 11) is 1.29. The topological polar surface area (TPSA) is 78.3 Å². The Morgan fingerprint density at radius 1 is 1.83 bits per heavy atom. The first-order valence-corrected chi connectivity index (χ1v) is 3.50. The largest absolute Gasteiger partial charge is 0.464 e. The van der Waals surface area contributed by atoms with Gasteiger partial charge in [-0.3, -0.25) is 0 Å². The second-order valence-electron chi connectivity index (χ2n) is 2.16. The molecule has 1 heterocycles. The van der Waals surface area contributed by atoms with Crippen molar-refractivity contribution >= 4 is 5.97 Å². The van der Waals surface area contributed by atoms with Crippen LogP contribution in [-0.4, -0.2) is 24.6 Å². The van der Waals surface area contributed by atoms with Crippen molar-refractivity contribution < 1.29 is 13.9 Å². The van der Waals surface area contributed by atoms with Gasteiger partial charge < -0.3 is 14.9 Å². The molecule has 1 aromatic rings. The zero-order valence-electron chi connectivity index (χ0n) is 6.74. The fraction of sp³-hybridized carbons (Fsp3) is 0.429. The number of carbonyl (C=O) groups excluding carboxylic acids is 1. The summed E-state index contributed by atoms with van der Waals surface area (Å²) in [5.74, 6) is -0.0417. The molecule has 1 rings (SSSR count). The second-order valence-corrected chi connectivity index (χ2v) is 2.16. The second kappa shape index (κ2) is 3.87. The smallest absolute Gasteiger partial charge is 0.360 e. The first-order chi connectivity index (χ1) is 5.77. The van der Waals surface area contributed by atoms with Crippen molar-refractivity contribution in [2.45, 2.75) is 6.42 Å². The number of nitrogens with two attached hydrogens (primary N) is 1. The summed E-state index contributed by atoms with van der Waals surface area (Å²) in [6, 6.07) is 0. The molecule has 5 nitrogen and oxygen atoms in total. The number of oxazole rings is 1. The van der Waals surface area contributed by atoms with Crippen LogP contribution in [0.1, 0.15) is 16.4 Å². The Morgan fingerprint density at radius 3 is 3.17 bits per heavy atom. The van der Waals surface area contributed by atoms with Gasteiger partial charge in [-0.15, -0.1) is 0 Å². The molecule has 0 radical (unpaired) electrons. The number of hydrogen-bond donors (Lipinski definition) is 1. The van der Waals surface area contributed by atoms with Crippen LogP contribution in [0.2, 0.25) is 0 Å². The van der Waals surface area contributed by atoms with E-state index in [1.165, 1.54) is 13.4 Å². The summed E-state index contributed by atoms with van der Waals surface area (Å²) < 4.78 is 9.37. The van der Waals surface area contributed by atoms with Crippen molar-refractivity contribution in [3.05, 3.63) is 17.8 Å². The fourth-order valence-corrected chi connectivity index (χ4v) is 0.748. The number of rotatable bonds is 3. The Morgan fingerprint density at radius 2 is 2.58 bits per heavy atom. The van der Waals surface area contributed by atoms with E-state index in [1.807, 2.05) is 0 Å². The Labute approximate surface area is 69.5 Å². The van der Waals surface area contributed by atoms with E-state index in [-0.39, 0.29) is 5.69 Å². The lowest BCUT2D eigenvalue weighted by Gasteiger charge is -1.89. The molecule has 1 aromatic heterocycles. The molecule has 0 atom stereocenters. The molecule has 0 amide bonds. The summed E-state index contributed by atoms with van der Waals surface area (Å²) in [5.41, 5.74) is 5.44. The Balaban J connectivity index is 2.70. The van der Waals surface area contributed by atoms with E-state index in [0.29, 0.717) is 18.9 Å². The zero-order valence-corrected chi connectivity index (χ0v) is 6.74. The molecule has 0 aliphatic carbocycles. The summed E-state index contributed by atoms with van der Waals surface area (Å²) in [6.07, 6.45) is 1.79. The molecule has 0 saturated heterocycles. The maximum atomic E-state index is 10.9. The Hall–Kier alpha value is -1.36. The maximum absolute atomic E-state index is 10.9. The third kappa shape index (κ3) is 1.82. The van der Waals surface area contributed by atoms with E-state index in [4.69, 9.17) is 10.2 Å². The molecule has 0 spiro atoms. The van der Waals surface area contributed by atoms with Gasteiger partial charge in [-0.25, -0.2) is 9.78 Å². The van der Waals surface area contributed by atoms with Crippen LogP contribution in [0.3, 0.4) is 0 Å². The molecule has 0 aliphatic rings. The number of carbonyl (C=O) groups is 1. The molecule has 5 heteroatoms. The van der Waals surface area contributed by atoms with Crippen molar-refractivity contribution in [3.63, 3.8) is 0 Å². The highest BCUT2D eigenvalue weighted by Gasteiger charge is 2.10. The maximum Gasteiger partial charge on any atom is 0.360 e. The van der Waals surface area contributed by atoms with E-state index in [0.717, 1.165) is 0 Å². The van der Waals surface area contributed by atoms with E-state index in [9.17, 15) is 4.79 Å². The summed E-state index contributed by atoms with van der Waals surface area (Å²) in [5, 5.41) is 0. The number of aromatic nitrogens is 1.